The molecule has 3 rings (SSSR count). The molecule has 0 aliphatic heterocycles. The summed E-state index contributed by atoms with van der Waals surface area (Å²) in [5.74, 6) is -4.37. The Bertz CT molecular complexity index is 2140. The van der Waals surface area contributed by atoms with E-state index >= 15 is 0 Å². The molecular weight excluding hydrogens is 752 g/mol. The Labute approximate surface area is 271 Å². The Hall–Kier alpha value is -3.84. The Kier molecular flexibility index (Phi) is 12.3. The number of carboxylic acid groups (broad SMARTS) is 1. The second-order valence-electron chi connectivity index (χ2n) is 8.43. The molecule has 3 aromatic carbocycles. The van der Waals surface area contributed by atoms with E-state index in [4.69, 9.17) is 4.55 Å². The van der Waals surface area contributed by atoms with E-state index in [1.165, 1.54) is 24.3 Å². The number of aromatic hydroxyl groups is 1. The van der Waals surface area contributed by atoms with Crippen LogP contribution in [0.1, 0.15) is 15.9 Å². The summed E-state index contributed by atoms with van der Waals surface area (Å²) in [5, 5.41) is 31.4. The first-order valence-corrected chi connectivity index (χ1v) is 17.4. The predicted octanol–water partition coefficient (Wildman–Crippen LogP) is 1.73. The molecule has 6 N–H and O–H groups in total. The number of anilines is 1. The minimum Gasteiger partial charge on any atom is -0.504 e. The number of hydrazone groups is 1. The van der Waals surface area contributed by atoms with Crippen molar-refractivity contribution in [2.24, 2.45) is 15.3 Å². The Morgan fingerprint density at radius 2 is 1.46 bits per heavy atom. The quantitative estimate of drug-likeness (QED) is 0.0290. The minimum atomic E-state index is -5.27. The van der Waals surface area contributed by atoms with E-state index in [0.29, 0.717) is 18.2 Å². The van der Waals surface area contributed by atoms with Crippen molar-refractivity contribution in [1.82, 2.24) is 0 Å². The first kappa shape index (κ1) is 38.3. The number of azo groups is 1. The van der Waals surface area contributed by atoms with E-state index < -0.39 is 102 Å². The molecule has 0 amide bonds. The van der Waals surface area contributed by atoms with Crippen molar-refractivity contribution in [3.8, 4) is 5.75 Å². The summed E-state index contributed by atoms with van der Waals surface area (Å²) in [6, 6.07) is 10.9. The van der Waals surface area contributed by atoms with Gasteiger partial charge in [0, 0.05) is 22.6 Å². The van der Waals surface area contributed by atoms with Crippen molar-refractivity contribution >= 4 is 63.7 Å². The first-order valence-electron chi connectivity index (χ1n) is 11.5. The van der Waals surface area contributed by atoms with Gasteiger partial charge in [0.25, 0.3) is 20.2 Å². The minimum absolute atomic E-state index is 0. The molecule has 24 heteroatoms. The van der Waals surface area contributed by atoms with E-state index in [1.54, 1.807) is 6.07 Å². The van der Waals surface area contributed by atoms with Crippen LogP contribution in [0.2, 0.25) is 0 Å². The Balaban J connectivity index is 0.00000736. The predicted molar refractivity (Wildman–Crippen MR) is 152 cm³/mol. The number of phenols is 1. The van der Waals surface area contributed by atoms with E-state index in [2.05, 4.69) is 24.9 Å². The number of amidine groups is 1. The molecule has 3 aromatic rings. The third-order valence-electron chi connectivity index (χ3n) is 5.33. The fourth-order valence-electron chi connectivity index (χ4n) is 3.29. The maximum absolute atomic E-state index is 12.7. The zero-order valence-electron chi connectivity index (χ0n) is 22.3. The van der Waals surface area contributed by atoms with E-state index in [0.717, 1.165) is 12.1 Å². The average molecular weight is 772 g/mol. The fraction of sp³-hybridized carbons (Fsp3) is 0.0909. The molecule has 46 heavy (non-hydrogen) atoms. The van der Waals surface area contributed by atoms with Crippen LogP contribution in [0.5, 0.6) is 5.75 Å². The van der Waals surface area contributed by atoms with Gasteiger partial charge in [-0.15, -0.1) is 10.2 Å². The molecule has 1 radical (unpaired) electrons. The van der Waals surface area contributed by atoms with Crippen LogP contribution in [0.4, 0.5) is 11.4 Å². The number of carboxylic acids is 1. The van der Waals surface area contributed by atoms with Crippen LogP contribution in [-0.4, -0.2) is 81.7 Å². The molecule has 0 bridgehead atoms. The van der Waals surface area contributed by atoms with Gasteiger partial charge in [-0.25, -0.2) is 17.4 Å². The van der Waals surface area contributed by atoms with Gasteiger partial charge >= 0.3 is 16.4 Å². The van der Waals surface area contributed by atoms with Crippen LogP contribution in [0.25, 0.3) is 0 Å². The largest absolute Gasteiger partial charge is 0.504 e. The summed E-state index contributed by atoms with van der Waals surface area (Å²) in [6.07, 6.45) is 0. The zero-order valence-corrected chi connectivity index (χ0v) is 26.5. The number of nitrogens with zero attached hydrogens (tertiary/aromatic N) is 3. The van der Waals surface area contributed by atoms with Gasteiger partial charge in [-0.05, 0) is 30.3 Å². The van der Waals surface area contributed by atoms with Crippen LogP contribution < -0.4 is 5.43 Å². The summed E-state index contributed by atoms with van der Waals surface area (Å²) in [4.78, 5) is 8.76. The summed E-state index contributed by atoms with van der Waals surface area (Å²) in [5.41, 5.74) is 0.490. The molecule has 0 unspecified atom stereocenters. The van der Waals surface area contributed by atoms with Crippen LogP contribution >= 0.6 is 0 Å². The van der Waals surface area contributed by atoms with Crippen molar-refractivity contribution < 1.29 is 83.6 Å². The summed E-state index contributed by atoms with van der Waals surface area (Å²) >= 11 is 0. The molecule has 0 atom stereocenters. The van der Waals surface area contributed by atoms with Crippen molar-refractivity contribution in [2.45, 2.75) is 14.7 Å². The number of phenolic OH excluding ortho intramolecular Hbond substituents is 1. The third kappa shape index (κ3) is 10.3. The van der Waals surface area contributed by atoms with Crippen LogP contribution in [0.15, 0.2) is 90.7 Å². The van der Waals surface area contributed by atoms with Crippen LogP contribution in [0, 0.1) is 0 Å². The Morgan fingerprint density at radius 3 is 2.00 bits per heavy atom. The summed E-state index contributed by atoms with van der Waals surface area (Å²) in [7, 11) is -19.7. The van der Waals surface area contributed by atoms with Gasteiger partial charge in [-0.1, -0.05) is 30.3 Å². The van der Waals surface area contributed by atoms with Gasteiger partial charge in [0.1, 0.15) is 16.3 Å². The molecule has 0 fully saturated rings. The molecule has 0 aliphatic carbocycles. The SMILES string of the molecule is O=C(O)c1cc(S(=O)(=O)O)ccc1N=NC(=NNc1cc(S(=O)(=O)CCOS(=O)(=O)O)cc(S(=O)(=O)O)c1O)c1ccccc1.[Cu]. The number of hydrogen-bond donors (Lipinski definition) is 6. The van der Waals surface area contributed by atoms with E-state index in [9.17, 15) is 57.8 Å². The third-order valence-corrected chi connectivity index (χ3v) is 9.17. The number of aromatic carboxylic acids is 1. The summed E-state index contributed by atoms with van der Waals surface area (Å²) < 4.78 is 125. The molecule has 0 aromatic heterocycles. The number of sulfone groups is 1. The van der Waals surface area contributed by atoms with Gasteiger partial charge in [0.15, 0.2) is 15.6 Å². The fourth-order valence-corrected chi connectivity index (χ4v) is 6.04. The van der Waals surface area contributed by atoms with Crippen molar-refractivity contribution in [1.29, 1.82) is 0 Å². The van der Waals surface area contributed by atoms with Crippen LogP contribution in [-0.2, 0) is 61.7 Å². The molecular formula is C22H20CuN4O15S4. The second kappa shape index (κ2) is 14.7. The van der Waals surface area contributed by atoms with E-state index in [-0.39, 0.29) is 22.6 Å². The van der Waals surface area contributed by atoms with Crippen molar-refractivity contribution in [3.63, 3.8) is 0 Å². The van der Waals surface area contributed by atoms with E-state index in [1.807, 2.05) is 0 Å². The van der Waals surface area contributed by atoms with Gasteiger partial charge < -0.3 is 10.2 Å². The monoisotopic (exact) mass is 771 g/mol. The van der Waals surface area contributed by atoms with Gasteiger partial charge in [0.05, 0.1) is 27.7 Å². The van der Waals surface area contributed by atoms with Gasteiger partial charge in [-0.2, -0.15) is 30.4 Å². The molecule has 19 nitrogen and oxygen atoms in total. The normalized spacial score (nSPS) is 12.9. The van der Waals surface area contributed by atoms with Gasteiger partial charge in [-0.3, -0.25) is 19.1 Å². The molecule has 0 heterocycles. The smallest absolute Gasteiger partial charge is 0.397 e. The molecule has 0 spiro atoms. The Morgan fingerprint density at radius 1 is 0.826 bits per heavy atom. The topological polar surface area (TPSA) is 313 Å². The average Bonchev–Trinajstić information content (AvgIpc) is 2.92. The first-order chi connectivity index (χ1) is 20.7. The van der Waals surface area contributed by atoms with Gasteiger partial charge in [0.2, 0.25) is 5.84 Å². The number of hydrogen-bond acceptors (Lipinski definition) is 14. The summed E-state index contributed by atoms with van der Waals surface area (Å²) in [6.45, 7) is -1.09. The van der Waals surface area contributed by atoms with Crippen molar-refractivity contribution in [3.05, 3.63) is 71.8 Å². The molecule has 0 saturated carbocycles. The second-order valence-corrected chi connectivity index (χ2v) is 14.4. The number of carbonyl (C=O) groups is 1. The standard InChI is InChI=1S/C22H20N4O15S4.Cu/c27-20-18(11-15(12-19(20)44(35,36)37)42(30,31)9-8-41-45(38,39)40)24-26-21(13-4-2-1-3-5-13)25-23-17-7-6-14(43(32,33)34)10-16(17)22(28)29;/h1-7,10-12,24,27H,8-9H2,(H,28,29)(H,32,33,34)(H,35,36,37)(H,38,39,40);. The van der Waals surface area contributed by atoms with Crippen molar-refractivity contribution in [2.75, 3.05) is 17.8 Å². The van der Waals surface area contributed by atoms with Crippen LogP contribution in [0.3, 0.4) is 0 Å². The number of rotatable bonds is 12. The molecule has 253 valence electrons. The number of nitrogens with one attached hydrogen (secondary N) is 1. The number of benzene rings is 3. The zero-order chi connectivity index (χ0) is 33.8. The molecule has 0 aliphatic rings. The maximum Gasteiger partial charge on any atom is 0.397 e. The maximum atomic E-state index is 12.7. The molecule has 0 saturated heterocycles.